The van der Waals surface area contributed by atoms with E-state index in [1.165, 1.54) is 16.2 Å². The lowest BCUT2D eigenvalue weighted by molar-refractivity contribution is 0.383. The summed E-state index contributed by atoms with van der Waals surface area (Å²) in [7, 11) is 0. The highest BCUT2D eigenvalue weighted by Gasteiger charge is 2.28. The average molecular weight is 319 g/mol. The standard InChI is InChI=1S/C20H20N4/c1-13-8-9-17-19(20(13)23-11-10-22(3)14(23)2)21-18-12-15-6-4-5-7-16(15)24(17)18/h4-11,14H,12H2,1-3H3/t14-/m0/s1/i3D3. The molecule has 0 fully saturated rings. The van der Waals surface area contributed by atoms with Crippen molar-refractivity contribution in [2.75, 3.05) is 11.9 Å². The van der Waals surface area contributed by atoms with Crippen molar-refractivity contribution >= 4 is 16.7 Å². The molecule has 24 heavy (non-hydrogen) atoms. The Labute approximate surface area is 145 Å². The fraction of sp³-hybridized carbons (Fsp3) is 0.250. The number of imidazole rings is 1. The molecule has 3 aromatic rings. The van der Waals surface area contributed by atoms with Crippen molar-refractivity contribution in [3.8, 4) is 5.69 Å². The SMILES string of the molecule is [2H]C([2H])([2H])N1C=CN(c2c(C)ccc3c2nc2n3-c3ccccc3C2)[C@H]1C. The first-order valence-electron chi connectivity index (χ1n) is 9.70. The number of hydrogen-bond donors (Lipinski definition) is 0. The fourth-order valence-electron chi connectivity index (χ4n) is 3.83. The molecule has 0 saturated heterocycles. The number of para-hydroxylation sites is 1. The maximum absolute atomic E-state index is 7.75. The molecule has 1 atom stereocenters. The van der Waals surface area contributed by atoms with Crippen LogP contribution in [-0.2, 0) is 6.42 Å². The molecule has 120 valence electrons. The van der Waals surface area contributed by atoms with E-state index in [1.807, 2.05) is 31.0 Å². The highest BCUT2D eigenvalue weighted by Crippen LogP contribution is 2.38. The van der Waals surface area contributed by atoms with Gasteiger partial charge in [-0.2, -0.15) is 0 Å². The summed E-state index contributed by atoms with van der Waals surface area (Å²) < 4.78 is 25.5. The van der Waals surface area contributed by atoms with Gasteiger partial charge in [0.25, 0.3) is 0 Å². The first kappa shape index (κ1) is 10.9. The largest absolute Gasteiger partial charge is 0.359 e. The van der Waals surface area contributed by atoms with Crippen LogP contribution in [0.25, 0.3) is 16.7 Å². The van der Waals surface area contributed by atoms with Gasteiger partial charge in [0.05, 0.1) is 16.9 Å². The minimum absolute atomic E-state index is 0.300. The van der Waals surface area contributed by atoms with E-state index in [2.05, 4.69) is 34.9 Å². The molecule has 0 N–H and O–H groups in total. The molecular weight excluding hydrogens is 296 g/mol. The van der Waals surface area contributed by atoms with E-state index in [4.69, 9.17) is 9.10 Å². The molecule has 1 aromatic heterocycles. The molecule has 2 aliphatic rings. The fourth-order valence-corrected chi connectivity index (χ4v) is 3.83. The van der Waals surface area contributed by atoms with Crippen molar-refractivity contribution < 1.29 is 4.11 Å². The van der Waals surface area contributed by atoms with Crippen LogP contribution in [0.4, 0.5) is 5.69 Å². The zero-order chi connectivity index (χ0) is 18.9. The second-order valence-corrected chi connectivity index (χ2v) is 6.51. The molecule has 0 radical (unpaired) electrons. The number of hydrogen-bond acceptors (Lipinski definition) is 3. The van der Waals surface area contributed by atoms with Crippen LogP contribution in [0.1, 0.15) is 28.0 Å². The van der Waals surface area contributed by atoms with Gasteiger partial charge in [0.2, 0.25) is 0 Å². The normalized spacial score (nSPS) is 20.9. The van der Waals surface area contributed by atoms with Crippen LogP contribution >= 0.6 is 0 Å². The second kappa shape index (κ2) is 4.63. The molecule has 4 nitrogen and oxygen atoms in total. The van der Waals surface area contributed by atoms with Crippen LogP contribution in [0.3, 0.4) is 0 Å². The second-order valence-electron chi connectivity index (χ2n) is 6.51. The number of nitrogens with zero attached hydrogens (tertiary/aromatic N) is 4. The summed E-state index contributed by atoms with van der Waals surface area (Å²) in [6.07, 6.45) is 4.01. The third-order valence-corrected chi connectivity index (χ3v) is 5.10. The zero-order valence-electron chi connectivity index (χ0n) is 16.7. The zero-order valence-corrected chi connectivity index (χ0v) is 13.7. The van der Waals surface area contributed by atoms with Crippen molar-refractivity contribution in [3.05, 3.63) is 65.7 Å². The molecule has 0 saturated carbocycles. The van der Waals surface area contributed by atoms with Gasteiger partial charge in [0, 0.05) is 29.9 Å². The van der Waals surface area contributed by atoms with Crippen LogP contribution in [0.2, 0.25) is 0 Å². The molecule has 5 rings (SSSR count). The lowest BCUT2D eigenvalue weighted by Gasteiger charge is -2.28. The van der Waals surface area contributed by atoms with Crippen molar-refractivity contribution in [1.82, 2.24) is 14.5 Å². The van der Waals surface area contributed by atoms with Crippen LogP contribution < -0.4 is 4.90 Å². The van der Waals surface area contributed by atoms with Crippen LogP contribution in [-0.4, -0.2) is 27.6 Å². The number of aryl methyl sites for hydroxylation is 1. The van der Waals surface area contributed by atoms with Gasteiger partial charge >= 0.3 is 0 Å². The third kappa shape index (κ3) is 1.65. The summed E-state index contributed by atoms with van der Waals surface area (Å²) >= 11 is 0. The first-order valence-corrected chi connectivity index (χ1v) is 8.20. The van der Waals surface area contributed by atoms with Crippen LogP contribution in [0.15, 0.2) is 48.8 Å². The number of fused-ring (bicyclic) bond motifs is 5. The Hall–Kier alpha value is -2.75. The lowest BCUT2D eigenvalue weighted by Crippen LogP contribution is -2.33. The smallest absolute Gasteiger partial charge is 0.119 e. The van der Waals surface area contributed by atoms with Gasteiger partial charge < -0.3 is 9.80 Å². The Morgan fingerprint density at radius 1 is 1.17 bits per heavy atom. The highest BCUT2D eigenvalue weighted by molar-refractivity contribution is 5.94. The van der Waals surface area contributed by atoms with Crippen molar-refractivity contribution in [2.24, 2.45) is 0 Å². The molecule has 4 heteroatoms. The van der Waals surface area contributed by atoms with Crippen LogP contribution in [0, 0.1) is 6.92 Å². The molecular formula is C20H20N4. The summed E-state index contributed by atoms with van der Waals surface area (Å²) in [4.78, 5) is 8.38. The Morgan fingerprint density at radius 2 is 2.04 bits per heavy atom. The Balaban J connectivity index is 1.68. The average Bonchev–Trinajstić information content (AvgIpc) is 3.25. The van der Waals surface area contributed by atoms with E-state index in [1.54, 1.807) is 6.20 Å². The molecule has 2 aromatic carbocycles. The number of benzene rings is 2. The van der Waals surface area contributed by atoms with E-state index in [-0.39, 0.29) is 6.17 Å². The number of rotatable bonds is 1. The molecule has 0 amide bonds. The maximum Gasteiger partial charge on any atom is 0.119 e. The van der Waals surface area contributed by atoms with Gasteiger partial charge in [-0.3, -0.25) is 4.57 Å². The summed E-state index contributed by atoms with van der Waals surface area (Å²) in [5.41, 5.74) is 6.50. The minimum Gasteiger partial charge on any atom is -0.359 e. The Bertz CT molecular complexity index is 1100. The maximum atomic E-state index is 7.75. The van der Waals surface area contributed by atoms with E-state index < -0.39 is 6.98 Å². The molecule has 0 bridgehead atoms. The molecule has 0 aliphatic carbocycles. The Kier molecular flexibility index (Phi) is 2.11. The predicted molar refractivity (Wildman–Crippen MR) is 97.5 cm³/mol. The topological polar surface area (TPSA) is 24.3 Å². The van der Waals surface area contributed by atoms with Gasteiger partial charge in [-0.1, -0.05) is 24.3 Å². The summed E-state index contributed by atoms with van der Waals surface area (Å²) in [5, 5.41) is 0. The van der Waals surface area contributed by atoms with E-state index in [0.29, 0.717) is 0 Å². The van der Waals surface area contributed by atoms with Crippen molar-refractivity contribution in [3.63, 3.8) is 0 Å². The van der Waals surface area contributed by atoms with Crippen molar-refractivity contribution in [1.29, 1.82) is 0 Å². The van der Waals surface area contributed by atoms with Gasteiger partial charge in [-0.15, -0.1) is 0 Å². The summed E-state index contributed by atoms with van der Waals surface area (Å²) in [6.45, 7) is 1.79. The van der Waals surface area contributed by atoms with Gasteiger partial charge in [0.1, 0.15) is 17.5 Å². The molecule has 3 heterocycles. The quantitative estimate of drug-likeness (QED) is 0.533. The van der Waals surface area contributed by atoms with E-state index in [9.17, 15) is 0 Å². The summed E-state index contributed by atoms with van der Waals surface area (Å²) in [5.74, 6) is 1.03. The summed E-state index contributed by atoms with van der Waals surface area (Å²) in [6, 6.07) is 12.6. The monoisotopic (exact) mass is 319 g/mol. The highest BCUT2D eigenvalue weighted by atomic mass is 15.4. The number of aromatic nitrogens is 2. The third-order valence-electron chi connectivity index (χ3n) is 5.10. The van der Waals surface area contributed by atoms with E-state index in [0.717, 1.165) is 34.5 Å². The number of anilines is 1. The van der Waals surface area contributed by atoms with Gasteiger partial charge in [-0.05, 0) is 37.1 Å². The molecule has 0 spiro atoms. The van der Waals surface area contributed by atoms with Gasteiger partial charge in [0.15, 0.2) is 0 Å². The van der Waals surface area contributed by atoms with Crippen LogP contribution in [0.5, 0.6) is 0 Å². The minimum atomic E-state index is -2.17. The molecule has 2 aliphatic heterocycles. The predicted octanol–water partition coefficient (Wildman–Crippen LogP) is 3.81. The van der Waals surface area contributed by atoms with Crippen molar-refractivity contribution in [2.45, 2.75) is 26.4 Å². The Morgan fingerprint density at radius 3 is 2.88 bits per heavy atom. The lowest BCUT2D eigenvalue weighted by atomic mass is 10.1. The first-order chi connectivity index (χ1) is 12.9. The van der Waals surface area contributed by atoms with Gasteiger partial charge in [-0.25, -0.2) is 4.98 Å². The molecule has 0 unspecified atom stereocenters. The van der Waals surface area contributed by atoms with E-state index >= 15 is 0 Å².